The minimum Gasteiger partial charge on any atom is -0.480 e. The summed E-state index contributed by atoms with van der Waals surface area (Å²) in [6.07, 6.45) is 1.47. The number of rotatable bonds is 6. The molecule has 3 N–H and O–H groups in total. The molecule has 0 aromatic heterocycles. The molecule has 1 atom stereocenters. The topological polar surface area (TPSA) is 66.6 Å². The number of hydrogen-bond acceptors (Lipinski definition) is 3. The Morgan fingerprint density at radius 1 is 1.47 bits per heavy atom. The average molecular weight is 236 g/mol. The summed E-state index contributed by atoms with van der Waals surface area (Å²) in [6, 6.07) is 6.88. The smallest absolute Gasteiger partial charge is 0.326 e. The van der Waals surface area contributed by atoms with Crippen LogP contribution >= 0.6 is 0 Å². The Morgan fingerprint density at radius 2 is 2.18 bits per heavy atom. The molecule has 0 aliphatic rings. The number of nitrogen functional groups attached to an aromatic ring is 1. The van der Waals surface area contributed by atoms with Crippen molar-refractivity contribution in [3.8, 4) is 0 Å². The molecule has 94 valence electrons. The third-order valence-corrected chi connectivity index (χ3v) is 2.71. The number of hydrogen-bond donors (Lipinski definition) is 2. The Labute approximate surface area is 102 Å². The lowest BCUT2D eigenvalue weighted by Crippen LogP contribution is -2.41. The van der Waals surface area contributed by atoms with Gasteiger partial charge in [-0.25, -0.2) is 4.79 Å². The van der Waals surface area contributed by atoms with E-state index in [2.05, 4.69) is 0 Å². The van der Waals surface area contributed by atoms with Crippen molar-refractivity contribution in [2.75, 3.05) is 17.2 Å². The minimum absolute atomic E-state index is 0.489. The number of carbonyl (C=O) groups is 1. The molecule has 1 rings (SSSR count). The van der Waals surface area contributed by atoms with Crippen LogP contribution in [0.1, 0.15) is 26.7 Å². The fourth-order valence-corrected chi connectivity index (χ4v) is 1.94. The van der Waals surface area contributed by atoms with E-state index >= 15 is 0 Å². The van der Waals surface area contributed by atoms with Crippen molar-refractivity contribution in [2.24, 2.45) is 0 Å². The van der Waals surface area contributed by atoms with E-state index in [1.54, 1.807) is 6.07 Å². The van der Waals surface area contributed by atoms with E-state index in [0.717, 1.165) is 12.1 Å². The summed E-state index contributed by atoms with van der Waals surface area (Å²) in [5.74, 6) is -0.789. The Bertz CT molecular complexity index is 379. The second-order valence-electron chi connectivity index (χ2n) is 4.05. The summed E-state index contributed by atoms with van der Waals surface area (Å²) >= 11 is 0. The lowest BCUT2D eigenvalue weighted by Gasteiger charge is -2.30. The van der Waals surface area contributed by atoms with Gasteiger partial charge >= 0.3 is 5.97 Å². The first kappa shape index (κ1) is 13.4. The molecule has 4 nitrogen and oxygen atoms in total. The van der Waals surface area contributed by atoms with Gasteiger partial charge < -0.3 is 15.7 Å². The zero-order valence-electron chi connectivity index (χ0n) is 10.4. The van der Waals surface area contributed by atoms with Gasteiger partial charge in [0.1, 0.15) is 6.04 Å². The summed E-state index contributed by atoms with van der Waals surface area (Å²) in [5, 5.41) is 9.23. The molecular weight excluding hydrogens is 216 g/mol. The molecule has 1 aromatic carbocycles. The van der Waals surface area contributed by atoms with Crippen molar-refractivity contribution in [2.45, 2.75) is 32.7 Å². The third kappa shape index (κ3) is 3.37. The van der Waals surface area contributed by atoms with E-state index in [4.69, 9.17) is 5.73 Å². The summed E-state index contributed by atoms with van der Waals surface area (Å²) in [7, 11) is 0. The van der Waals surface area contributed by atoms with Gasteiger partial charge in [0.05, 0.1) is 0 Å². The van der Waals surface area contributed by atoms with E-state index in [9.17, 15) is 9.90 Å². The fraction of sp³-hybridized carbons (Fsp3) is 0.462. The first-order valence-electron chi connectivity index (χ1n) is 5.95. The van der Waals surface area contributed by atoms with Crippen molar-refractivity contribution < 1.29 is 9.90 Å². The van der Waals surface area contributed by atoms with Gasteiger partial charge in [-0.15, -0.1) is 0 Å². The average Bonchev–Trinajstić information content (AvgIpc) is 2.28. The number of carboxylic acid groups (broad SMARTS) is 1. The van der Waals surface area contributed by atoms with Crippen molar-refractivity contribution >= 4 is 17.3 Å². The lowest BCUT2D eigenvalue weighted by molar-refractivity contribution is -0.138. The molecule has 17 heavy (non-hydrogen) atoms. The van der Waals surface area contributed by atoms with Gasteiger partial charge in [-0.1, -0.05) is 19.9 Å². The van der Waals surface area contributed by atoms with Crippen molar-refractivity contribution in [3.05, 3.63) is 24.3 Å². The van der Waals surface area contributed by atoms with E-state index in [1.165, 1.54) is 0 Å². The zero-order valence-corrected chi connectivity index (χ0v) is 10.4. The van der Waals surface area contributed by atoms with Gasteiger partial charge in [-0.3, -0.25) is 0 Å². The summed E-state index contributed by atoms with van der Waals surface area (Å²) in [6.45, 7) is 4.63. The quantitative estimate of drug-likeness (QED) is 0.744. The monoisotopic (exact) mass is 236 g/mol. The molecule has 1 unspecified atom stereocenters. The summed E-state index contributed by atoms with van der Waals surface area (Å²) in [4.78, 5) is 13.1. The summed E-state index contributed by atoms with van der Waals surface area (Å²) < 4.78 is 0. The first-order chi connectivity index (χ1) is 8.10. The van der Waals surface area contributed by atoms with Gasteiger partial charge in [-0.05, 0) is 31.0 Å². The first-order valence-corrected chi connectivity index (χ1v) is 5.95. The Kier molecular flexibility index (Phi) is 4.82. The number of carboxylic acids is 1. The van der Waals surface area contributed by atoms with Crippen molar-refractivity contribution in [3.63, 3.8) is 0 Å². The lowest BCUT2D eigenvalue weighted by atomic mass is 10.1. The van der Waals surface area contributed by atoms with Gasteiger partial charge in [0.2, 0.25) is 0 Å². The highest BCUT2D eigenvalue weighted by Crippen LogP contribution is 2.21. The molecule has 0 saturated heterocycles. The second-order valence-corrected chi connectivity index (χ2v) is 4.05. The zero-order chi connectivity index (χ0) is 12.8. The highest BCUT2D eigenvalue weighted by atomic mass is 16.4. The Hall–Kier alpha value is -1.71. The van der Waals surface area contributed by atoms with E-state index in [1.807, 2.05) is 36.9 Å². The summed E-state index contributed by atoms with van der Waals surface area (Å²) in [5.41, 5.74) is 7.27. The second kappa shape index (κ2) is 6.13. The number of benzene rings is 1. The molecule has 0 radical (unpaired) electrons. The van der Waals surface area contributed by atoms with Crippen LogP contribution in [-0.2, 0) is 4.79 Å². The molecule has 0 fully saturated rings. The highest BCUT2D eigenvalue weighted by Gasteiger charge is 2.23. The molecule has 0 heterocycles. The SMILES string of the molecule is CCCN(c1cccc(N)c1)C(CC)C(=O)O. The Morgan fingerprint density at radius 3 is 2.65 bits per heavy atom. The van der Waals surface area contributed by atoms with Crippen LogP contribution in [0.15, 0.2) is 24.3 Å². The number of aliphatic carboxylic acids is 1. The van der Waals surface area contributed by atoms with Crippen LogP contribution in [0.3, 0.4) is 0 Å². The van der Waals surface area contributed by atoms with Crippen LogP contribution in [0.5, 0.6) is 0 Å². The molecule has 0 amide bonds. The maximum absolute atomic E-state index is 11.2. The molecule has 0 aliphatic heterocycles. The van der Waals surface area contributed by atoms with E-state index in [0.29, 0.717) is 18.7 Å². The maximum atomic E-state index is 11.2. The molecule has 0 aliphatic carbocycles. The minimum atomic E-state index is -0.789. The van der Waals surface area contributed by atoms with Gasteiger partial charge in [0, 0.05) is 17.9 Å². The van der Waals surface area contributed by atoms with Gasteiger partial charge in [0.15, 0.2) is 0 Å². The van der Waals surface area contributed by atoms with Crippen LogP contribution in [0.2, 0.25) is 0 Å². The fourth-order valence-electron chi connectivity index (χ4n) is 1.94. The van der Waals surface area contributed by atoms with Crippen LogP contribution in [-0.4, -0.2) is 23.7 Å². The maximum Gasteiger partial charge on any atom is 0.326 e. The molecule has 1 aromatic rings. The van der Waals surface area contributed by atoms with Crippen LogP contribution in [0.4, 0.5) is 11.4 Å². The molecule has 0 bridgehead atoms. The molecule has 4 heteroatoms. The van der Waals surface area contributed by atoms with Gasteiger partial charge in [-0.2, -0.15) is 0 Å². The number of nitrogens with zero attached hydrogens (tertiary/aromatic N) is 1. The van der Waals surface area contributed by atoms with Crippen LogP contribution < -0.4 is 10.6 Å². The van der Waals surface area contributed by atoms with E-state index in [-0.39, 0.29) is 0 Å². The molecule has 0 saturated carbocycles. The van der Waals surface area contributed by atoms with E-state index < -0.39 is 12.0 Å². The largest absolute Gasteiger partial charge is 0.480 e. The van der Waals surface area contributed by atoms with Crippen LogP contribution in [0, 0.1) is 0 Å². The Balaban J connectivity index is 3.03. The predicted octanol–water partition coefficient (Wildman–Crippen LogP) is 2.35. The van der Waals surface area contributed by atoms with Crippen molar-refractivity contribution in [1.82, 2.24) is 0 Å². The highest BCUT2D eigenvalue weighted by molar-refractivity contribution is 5.78. The molecular formula is C13H20N2O2. The van der Waals surface area contributed by atoms with Gasteiger partial charge in [0.25, 0.3) is 0 Å². The third-order valence-electron chi connectivity index (χ3n) is 2.71. The standard InChI is InChI=1S/C13H20N2O2/c1-3-8-15(12(4-2)13(16)17)11-7-5-6-10(14)9-11/h5-7,9,12H,3-4,8,14H2,1-2H3,(H,16,17). The van der Waals surface area contributed by atoms with Crippen molar-refractivity contribution in [1.29, 1.82) is 0 Å². The number of anilines is 2. The predicted molar refractivity (Wildman–Crippen MR) is 70.2 cm³/mol. The number of nitrogens with two attached hydrogens (primary N) is 1. The molecule has 0 spiro atoms. The van der Waals surface area contributed by atoms with Crippen LogP contribution in [0.25, 0.3) is 0 Å². The normalized spacial score (nSPS) is 12.1.